The fourth-order valence-corrected chi connectivity index (χ4v) is 3.09. The van der Waals surface area contributed by atoms with E-state index < -0.39 is 0 Å². The quantitative estimate of drug-likeness (QED) is 0.382. The molecule has 0 fully saturated rings. The monoisotopic (exact) mass is 466 g/mol. The molecule has 0 unspecified atom stereocenters. The Morgan fingerprint density at radius 2 is 1.08 bits per heavy atom. The number of hydrogen-bond donors (Lipinski definition) is 0. The fraction of sp³-hybridized carbons (Fsp3) is 0. The standard InChI is InChI=1S/C20H12Br2N4/c21-16-5-1-13(2-6-16)18-19(14-3-7-17(22)8-4-14)25-26-20(24-18)15-9-11-23-12-10-15/h1-12H. The van der Waals surface area contributed by atoms with Gasteiger partial charge in [0.1, 0.15) is 11.4 Å². The van der Waals surface area contributed by atoms with Crippen molar-refractivity contribution in [2.75, 3.05) is 0 Å². The van der Waals surface area contributed by atoms with Crippen LogP contribution in [0.1, 0.15) is 0 Å². The summed E-state index contributed by atoms with van der Waals surface area (Å²) in [6.45, 7) is 0. The van der Waals surface area contributed by atoms with Crippen LogP contribution in [0, 0.1) is 0 Å². The molecule has 2 aromatic carbocycles. The van der Waals surface area contributed by atoms with Crippen LogP contribution >= 0.6 is 31.9 Å². The maximum atomic E-state index is 4.81. The van der Waals surface area contributed by atoms with E-state index in [4.69, 9.17) is 4.98 Å². The van der Waals surface area contributed by atoms with Crippen molar-refractivity contribution in [3.8, 4) is 33.9 Å². The molecule has 0 aliphatic heterocycles. The molecule has 0 atom stereocenters. The first-order valence-corrected chi connectivity index (χ1v) is 9.46. The summed E-state index contributed by atoms with van der Waals surface area (Å²) >= 11 is 6.95. The molecule has 126 valence electrons. The van der Waals surface area contributed by atoms with E-state index in [1.54, 1.807) is 12.4 Å². The van der Waals surface area contributed by atoms with Crippen LogP contribution in [0.4, 0.5) is 0 Å². The van der Waals surface area contributed by atoms with E-state index in [0.29, 0.717) is 5.82 Å². The third-order valence-corrected chi connectivity index (χ3v) is 4.92. The predicted molar refractivity (Wildman–Crippen MR) is 109 cm³/mol. The van der Waals surface area contributed by atoms with Gasteiger partial charge in [-0.2, -0.15) is 0 Å². The number of aromatic nitrogens is 4. The van der Waals surface area contributed by atoms with E-state index in [-0.39, 0.29) is 0 Å². The van der Waals surface area contributed by atoms with Crippen molar-refractivity contribution >= 4 is 31.9 Å². The Morgan fingerprint density at radius 3 is 1.65 bits per heavy atom. The lowest BCUT2D eigenvalue weighted by Crippen LogP contribution is -2.00. The van der Waals surface area contributed by atoms with E-state index in [1.165, 1.54) is 0 Å². The molecule has 4 nitrogen and oxygen atoms in total. The highest BCUT2D eigenvalue weighted by atomic mass is 79.9. The van der Waals surface area contributed by atoms with Crippen LogP contribution in [0.15, 0.2) is 82.0 Å². The van der Waals surface area contributed by atoms with Crippen molar-refractivity contribution < 1.29 is 0 Å². The van der Waals surface area contributed by atoms with Crippen LogP contribution in [-0.4, -0.2) is 20.2 Å². The number of hydrogen-bond acceptors (Lipinski definition) is 4. The molecule has 6 heteroatoms. The van der Waals surface area contributed by atoms with E-state index in [0.717, 1.165) is 37.0 Å². The molecule has 4 aromatic rings. The third-order valence-electron chi connectivity index (χ3n) is 3.86. The Hall–Kier alpha value is -2.44. The number of benzene rings is 2. The zero-order valence-electron chi connectivity index (χ0n) is 13.5. The Kier molecular flexibility index (Phi) is 4.86. The third kappa shape index (κ3) is 3.57. The highest BCUT2D eigenvalue weighted by Gasteiger charge is 2.14. The summed E-state index contributed by atoms with van der Waals surface area (Å²) < 4.78 is 2.03. The first-order valence-electron chi connectivity index (χ1n) is 7.88. The fourth-order valence-electron chi connectivity index (χ4n) is 2.56. The molecular formula is C20H12Br2N4. The number of nitrogens with zero attached hydrogens (tertiary/aromatic N) is 4. The zero-order chi connectivity index (χ0) is 17.9. The molecule has 0 radical (unpaired) electrons. The Balaban J connectivity index is 1.90. The van der Waals surface area contributed by atoms with Crippen molar-refractivity contribution in [2.24, 2.45) is 0 Å². The summed E-state index contributed by atoms with van der Waals surface area (Å²) in [5, 5.41) is 8.84. The highest BCUT2D eigenvalue weighted by Crippen LogP contribution is 2.31. The molecule has 0 saturated heterocycles. The van der Waals surface area contributed by atoms with Gasteiger partial charge in [-0.3, -0.25) is 4.98 Å². The topological polar surface area (TPSA) is 51.6 Å². The maximum absolute atomic E-state index is 4.81. The molecule has 0 N–H and O–H groups in total. The van der Waals surface area contributed by atoms with Crippen LogP contribution in [0.5, 0.6) is 0 Å². The zero-order valence-corrected chi connectivity index (χ0v) is 16.6. The Bertz CT molecular complexity index is 1030. The molecule has 0 amide bonds. The minimum absolute atomic E-state index is 0.575. The van der Waals surface area contributed by atoms with Gasteiger partial charge in [-0.25, -0.2) is 4.98 Å². The van der Waals surface area contributed by atoms with Crippen LogP contribution in [0.3, 0.4) is 0 Å². The van der Waals surface area contributed by atoms with Gasteiger partial charge in [-0.15, -0.1) is 10.2 Å². The molecule has 2 heterocycles. The van der Waals surface area contributed by atoms with E-state index in [2.05, 4.69) is 47.0 Å². The van der Waals surface area contributed by atoms with Gasteiger partial charge < -0.3 is 0 Å². The van der Waals surface area contributed by atoms with Gasteiger partial charge in [0, 0.05) is 38.0 Å². The molecule has 2 aromatic heterocycles. The second kappa shape index (κ2) is 7.43. The summed E-state index contributed by atoms with van der Waals surface area (Å²) in [7, 11) is 0. The van der Waals surface area contributed by atoms with Crippen LogP contribution < -0.4 is 0 Å². The van der Waals surface area contributed by atoms with Crippen molar-refractivity contribution in [1.82, 2.24) is 20.2 Å². The van der Waals surface area contributed by atoms with Crippen molar-refractivity contribution in [3.63, 3.8) is 0 Å². The molecule has 0 spiro atoms. The summed E-state index contributed by atoms with van der Waals surface area (Å²) in [6, 6.07) is 19.8. The van der Waals surface area contributed by atoms with Crippen molar-refractivity contribution in [1.29, 1.82) is 0 Å². The average Bonchev–Trinajstić information content (AvgIpc) is 2.70. The second-order valence-electron chi connectivity index (χ2n) is 5.58. The minimum atomic E-state index is 0.575. The van der Waals surface area contributed by atoms with Gasteiger partial charge in [-0.05, 0) is 36.4 Å². The average molecular weight is 468 g/mol. The minimum Gasteiger partial charge on any atom is -0.265 e. The van der Waals surface area contributed by atoms with Crippen LogP contribution in [0.25, 0.3) is 33.9 Å². The van der Waals surface area contributed by atoms with Gasteiger partial charge in [0.2, 0.25) is 0 Å². The summed E-state index contributed by atoms with van der Waals surface area (Å²) in [6.07, 6.45) is 3.45. The lowest BCUT2D eigenvalue weighted by molar-refractivity contribution is 0.990. The molecule has 0 aliphatic rings. The van der Waals surface area contributed by atoms with Gasteiger partial charge in [0.25, 0.3) is 0 Å². The van der Waals surface area contributed by atoms with Crippen LogP contribution in [-0.2, 0) is 0 Å². The maximum Gasteiger partial charge on any atom is 0.182 e. The van der Waals surface area contributed by atoms with Crippen LogP contribution in [0.2, 0.25) is 0 Å². The van der Waals surface area contributed by atoms with E-state index in [1.807, 2.05) is 60.7 Å². The predicted octanol–water partition coefficient (Wildman–Crippen LogP) is 5.79. The van der Waals surface area contributed by atoms with E-state index in [9.17, 15) is 0 Å². The summed E-state index contributed by atoms with van der Waals surface area (Å²) in [5.74, 6) is 0.575. The number of halogens is 2. The van der Waals surface area contributed by atoms with Gasteiger partial charge in [0.15, 0.2) is 5.82 Å². The first-order chi connectivity index (χ1) is 12.7. The highest BCUT2D eigenvalue weighted by molar-refractivity contribution is 9.10. The lowest BCUT2D eigenvalue weighted by atomic mass is 10.0. The first kappa shape index (κ1) is 17.0. The molecule has 0 bridgehead atoms. The molecule has 0 aliphatic carbocycles. The Morgan fingerprint density at radius 1 is 0.538 bits per heavy atom. The molecule has 0 saturated carbocycles. The summed E-state index contributed by atoms with van der Waals surface area (Å²) in [5.41, 5.74) is 4.37. The van der Waals surface area contributed by atoms with E-state index >= 15 is 0 Å². The summed E-state index contributed by atoms with van der Waals surface area (Å²) in [4.78, 5) is 8.86. The largest absolute Gasteiger partial charge is 0.265 e. The van der Waals surface area contributed by atoms with Gasteiger partial charge >= 0.3 is 0 Å². The SMILES string of the molecule is Brc1ccc(-c2nnc(-c3ccncc3)nc2-c2ccc(Br)cc2)cc1. The smallest absolute Gasteiger partial charge is 0.182 e. The van der Waals surface area contributed by atoms with Gasteiger partial charge in [0.05, 0.1) is 0 Å². The number of rotatable bonds is 3. The second-order valence-corrected chi connectivity index (χ2v) is 7.41. The van der Waals surface area contributed by atoms with Crippen molar-refractivity contribution in [3.05, 3.63) is 82.0 Å². The number of pyridine rings is 1. The molecule has 4 rings (SSSR count). The normalized spacial score (nSPS) is 10.7. The molecular weight excluding hydrogens is 456 g/mol. The molecule has 26 heavy (non-hydrogen) atoms. The lowest BCUT2D eigenvalue weighted by Gasteiger charge is -2.10. The Labute approximate surface area is 167 Å². The van der Waals surface area contributed by atoms with Gasteiger partial charge in [-0.1, -0.05) is 56.1 Å². The van der Waals surface area contributed by atoms with Crippen molar-refractivity contribution in [2.45, 2.75) is 0 Å².